The summed E-state index contributed by atoms with van der Waals surface area (Å²) in [5.74, 6) is 1.14. The van der Waals surface area contributed by atoms with Gasteiger partial charge in [-0.25, -0.2) is 0 Å². The second-order valence-corrected chi connectivity index (χ2v) is 7.87. The van der Waals surface area contributed by atoms with Crippen LogP contribution < -0.4 is 4.74 Å². The second kappa shape index (κ2) is 7.28. The number of rotatable bonds is 1. The molecule has 1 aromatic carbocycles. The summed E-state index contributed by atoms with van der Waals surface area (Å²) in [7, 11) is 4.02. The topological polar surface area (TPSA) is 21.7 Å². The molecular weight excluding hydrogens is 540 g/mol. The summed E-state index contributed by atoms with van der Waals surface area (Å²) < 4.78 is 12.3. The largest absolute Gasteiger partial charge is 0.488 e. The molecule has 4 rings (SSSR count). The van der Waals surface area contributed by atoms with Gasteiger partial charge >= 0.3 is 0 Å². The number of halogens is 2. The van der Waals surface area contributed by atoms with E-state index in [9.17, 15) is 0 Å². The standard InChI is InChI=1S/C20H27NO2.I2/c1-13-10-15-12-21(4)9-8-20-7-6-19(3,22-5)11-16(20)23-18(14(13)2)17(15)20;1-2/h6-7,10,16H,8-9,11-12H2,1-5H3;/t16?,19-,20-;/m0./s1. The molecule has 3 atom stereocenters. The van der Waals surface area contributed by atoms with Crippen molar-refractivity contribution in [1.82, 2.24) is 4.90 Å². The van der Waals surface area contributed by atoms with Crippen LogP contribution in [-0.4, -0.2) is 37.3 Å². The summed E-state index contributed by atoms with van der Waals surface area (Å²) in [6, 6.07) is 2.38. The van der Waals surface area contributed by atoms with E-state index in [0.717, 1.165) is 31.7 Å². The van der Waals surface area contributed by atoms with Crippen LogP contribution in [0.15, 0.2) is 18.2 Å². The highest BCUT2D eigenvalue weighted by Crippen LogP contribution is 2.55. The maximum absolute atomic E-state index is 6.58. The van der Waals surface area contributed by atoms with Crippen molar-refractivity contribution in [2.24, 2.45) is 0 Å². The molecule has 1 unspecified atom stereocenters. The molecule has 0 aromatic heterocycles. The lowest BCUT2D eigenvalue weighted by Gasteiger charge is -2.41. The van der Waals surface area contributed by atoms with Gasteiger partial charge in [0.2, 0.25) is 0 Å². The molecule has 0 amide bonds. The van der Waals surface area contributed by atoms with E-state index in [1.165, 1.54) is 22.3 Å². The minimum Gasteiger partial charge on any atom is -0.488 e. The first-order chi connectivity index (χ1) is 11.9. The molecule has 0 fully saturated rings. The Balaban J connectivity index is 0.000000880. The third-order valence-corrected chi connectivity index (χ3v) is 6.31. The Labute approximate surface area is 174 Å². The third-order valence-electron chi connectivity index (χ3n) is 6.31. The number of aryl methyl sites for hydroxylation is 1. The first-order valence-corrected chi connectivity index (χ1v) is 15.1. The van der Waals surface area contributed by atoms with Gasteiger partial charge < -0.3 is 14.4 Å². The normalized spacial score (nSPS) is 32.8. The van der Waals surface area contributed by atoms with Gasteiger partial charge in [0, 0.05) is 62.9 Å². The van der Waals surface area contributed by atoms with Gasteiger partial charge in [-0.05, 0) is 57.5 Å². The van der Waals surface area contributed by atoms with E-state index in [-0.39, 0.29) is 17.1 Å². The van der Waals surface area contributed by atoms with Crippen LogP contribution in [0.2, 0.25) is 0 Å². The van der Waals surface area contributed by atoms with E-state index >= 15 is 0 Å². The van der Waals surface area contributed by atoms with Crippen molar-refractivity contribution in [3.05, 3.63) is 40.5 Å². The highest BCUT2D eigenvalue weighted by Gasteiger charge is 2.54. The van der Waals surface area contributed by atoms with Crippen LogP contribution in [-0.2, 0) is 16.7 Å². The molecule has 2 heterocycles. The summed E-state index contributed by atoms with van der Waals surface area (Å²) in [6.45, 7) is 8.66. The average Bonchev–Trinajstić information content (AvgIpc) is 2.86. The van der Waals surface area contributed by atoms with Crippen molar-refractivity contribution in [1.29, 1.82) is 0 Å². The van der Waals surface area contributed by atoms with Crippen LogP contribution in [0.5, 0.6) is 5.75 Å². The molecule has 0 radical (unpaired) electrons. The predicted octanol–water partition coefficient (Wildman–Crippen LogP) is 5.27. The molecule has 1 aliphatic carbocycles. The minimum atomic E-state index is -0.223. The Morgan fingerprint density at radius 1 is 1.28 bits per heavy atom. The van der Waals surface area contributed by atoms with Crippen molar-refractivity contribution in [3.8, 4) is 5.75 Å². The predicted molar refractivity (Wildman–Crippen MR) is 120 cm³/mol. The SMILES string of the molecule is CO[C@@]1(C)C=C[C@@]23CCN(C)Cc4cc(C)c(C)c(c42)OC3C1.II. The zero-order valence-electron chi connectivity index (χ0n) is 15.7. The van der Waals surface area contributed by atoms with Gasteiger partial charge in [0.25, 0.3) is 0 Å². The summed E-state index contributed by atoms with van der Waals surface area (Å²) in [5, 5.41) is 0. The molecule has 0 bridgehead atoms. The highest BCUT2D eigenvalue weighted by atomic mass is 128. The minimum absolute atomic E-state index is 0.0198. The lowest BCUT2D eigenvalue weighted by molar-refractivity contribution is -0.0100. The van der Waals surface area contributed by atoms with Crippen LogP contribution in [0.4, 0.5) is 0 Å². The van der Waals surface area contributed by atoms with E-state index in [1.54, 1.807) is 7.11 Å². The van der Waals surface area contributed by atoms with Gasteiger partial charge in [0.15, 0.2) is 0 Å². The second-order valence-electron chi connectivity index (χ2n) is 7.87. The quantitative estimate of drug-likeness (QED) is 0.341. The Morgan fingerprint density at radius 2 is 2.00 bits per heavy atom. The molecule has 3 nitrogen and oxygen atoms in total. The first-order valence-electron chi connectivity index (χ1n) is 8.77. The summed E-state index contributed by atoms with van der Waals surface area (Å²) in [6.07, 6.45) is 6.88. The first kappa shape index (κ1) is 19.9. The van der Waals surface area contributed by atoms with E-state index in [0.29, 0.717) is 0 Å². The summed E-state index contributed by atoms with van der Waals surface area (Å²) in [4.78, 5) is 2.44. The van der Waals surface area contributed by atoms with Crippen LogP contribution in [0.3, 0.4) is 0 Å². The fourth-order valence-corrected chi connectivity index (χ4v) is 4.59. The van der Waals surface area contributed by atoms with E-state index in [4.69, 9.17) is 9.47 Å². The molecule has 138 valence electrons. The van der Waals surface area contributed by atoms with Gasteiger partial charge in [0.1, 0.15) is 11.9 Å². The fraction of sp³-hybridized carbons (Fsp3) is 0.600. The Morgan fingerprint density at radius 3 is 2.68 bits per heavy atom. The molecule has 3 aliphatic rings. The van der Waals surface area contributed by atoms with Gasteiger partial charge in [0.05, 0.1) is 11.0 Å². The van der Waals surface area contributed by atoms with Crippen molar-refractivity contribution in [2.75, 3.05) is 20.7 Å². The number of benzene rings is 1. The number of hydrogen-bond acceptors (Lipinski definition) is 3. The smallest absolute Gasteiger partial charge is 0.127 e. The lowest BCUT2D eigenvalue weighted by Crippen LogP contribution is -2.47. The monoisotopic (exact) mass is 567 g/mol. The Hall–Kier alpha value is 0.140. The molecule has 1 spiro atoms. The lowest BCUT2D eigenvalue weighted by atomic mass is 9.66. The van der Waals surface area contributed by atoms with Crippen molar-refractivity contribution in [3.63, 3.8) is 0 Å². The average molecular weight is 567 g/mol. The van der Waals surface area contributed by atoms with E-state index < -0.39 is 0 Å². The van der Waals surface area contributed by atoms with Crippen LogP contribution in [0, 0.1) is 13.8 Å². The molecule has 1 aromatic rings. The van der Waals surface area contributed by atoms with Crippen molar-refractivity contribution >= 4 is 37.2 Å². The highest BCUT2D eigenvalue weighted by molar-refractivity contribution is 15.0. The van der Waals surface area contributed by atoms with Crippen molar-refractivity contribution < 1.29 is 9.47 Å². The molecular formula is C20H27I2NO2. The fourth-order valence-electron chi connectivity index (χ4n) is 4.59. The van der Waals surface area contributed by atoms with Gasteiger partial charge in [-0.2, -0.15) is 0 Å². The third kappa shape index (κ3) is 3.17. The van der Waals surface area contributed by atoms with Gasteiger partial charge in [-0.15, -0.1) is 0 Å². The number of nitrogens with zero attached hydrogens (tertiary/aromatic N) is 1. The molecule has 2 aliphatic heterocycles. The zero-order chi connectivity index (χ0) is 18.4. The number of ether oxygens (including phenoxy) is 2. The zero-order valence-corrected chi connectivity index (χ0v) is 20.0. The van der Waals surface area contributed by atoms with Crippen molar-refractivity contribution in [2.45, 2.75) is 57.3 Å². The van der Waals surface area contributed by atoms with Crippen LogP contribution >= 0.6 is 37.2 Å². The van der Waals surface area contributed by atoms with Gasteiger partial charge in [-0.3, -0.25) is 0 Å². The molecule has 25 heavy (non-hydrogen) atoms. The Bertz CT molecular complexity index is 705. The Kier molecular flexibility index (Phi) is 5.79. The molecule has 0 saturated heterocycles. The number of methoxy groups -OCH3 is 1. The molecule has 0 saturated carbocycles. The summed E-state index contributed by atoms with van der Waals surface area (Å²) in [5.41, 5.74) is 5.32. The maximum Gasteiger partial charge on any atom is 0.127 e. The summed E-state index contributed by atoms with van der Waals surface area (Å²) >= 11 is 4.24. The van der Waals surface area contributed by atoms with Crippen LogP contribution in [0.1, 0.15) is 42.0 Å². The van der Waals surface area contributed by atoms with E-state index in [2.05, 4.69) is 88.2 Å². The van der Waals surface area contributed by atoms with E-state index in [1.807, 2.05) is 0 Å². The number of hydrogen-bond donors (Lipinski definition) is 0. The molecule has 5 heteroatoms. The maximum atomic E-state index is 6.58. The molecule has 0 N–H and O–H groups in total. The van der Waals surface area contributed by atoms with Gasteiger partial charge in [-0.1, -0.05) is 18.2 Å². The van der Waals surface area contributed by atoms with Crippen LogP contribution in [0.25, 0.3) is 0 Å².